The predicted molar refractivity (Wildman–Crippen MR) is 134 cm³/mol. The van der Waals surface area contributed by atoms with E-state index in [1.807, 2.05) is 23.1 Å². The van der Waals surface area contributed by atoms with Crippen LogP contribution in [0.1, 0.15) is 18.4 Å². The molecule has 0 aliphatic carbocycles. The summed E-state index contributed by atoms with van der Waals surface area (Å²) in [4.78, 5) is 6.66. The van der Waals surface area contributed by atoms with Gasteiger partial charge in [-0.2, -0.15) is 4.98 Å². The number of nitrogens with zero attached hydrogens (tertiary/aromatic N) is 2. The minimum Gasteiger partial charge on any atom is -0.419 e. The molecule has 1 aliphatic heterocycles. The van der Waals surface area contributed by atoms with Crippen LogP contribution in [0.15, 0.2) is 99.3 Å². The lowest BCUT2D eigenvalue weighted by Gasteiger charge is -2.32. The molecule has 174 valence electrons. The minimum absolute atomic E-state index is 0.0601. The topological polar surface area (TPSA) is 63.4 Å². The molecule has 0 radical (unpaired) electrons. The average Bonchev–Trinajstić information content (AvgIpc) is 3.32. The van der Waals surface area contributed by atoms with E-state index in [-0.39, 0.29) is 21.7 Å². The van der Waals surface area contributed by atoms with Crippen LogP contribution in [0.5, 0.6) is 0 Å². The third-order valence-electron chi connectivity index (χ3n) is 6.26. The largest absolute Gasteiger partial charge is 0.419 e. The SMILES string of the molecule is O=S(=O)(c1ccccc1)c1nc(-c2ccccc2Cl)oc1N1CCC(Cc2ccccc2)CC1. The zero-order valence-electron chi connectivity index (χ0n) is 18.6. The highest BCUT2D eigenvalue weighted by Gasteiger charge is 2.33. The third kappa shape index (κ3) is 4.61. The highest BCUT2D eigenvalue weighted by molar-refractivity contribution is 7.91. The number of benzene rings is 3. The summed E-state index contributed by atoms with van der Waals surface area (Å²) in [5.74, 6) is 1.04. The molecule has 4 aromatic rings. The van der Waals surface area contributed by atoms with E-state index < -0.39 is 9.84 Å². The van der Waals surface area contributed by atoms with Crippen LogP contribution < -0.4 is 4.90 Å². The van der Waals surface area contributed by atoms with Gasteiger partial charge in [-0.05, 0) is 55.0 Å². The summed E-state index contributed by atoms with van der Waals surface area (Å²) < 4.78 is 33.2. The molecule has 5 nitrogen and oxygen atoms in total. The monoisotopic (exact) mass is 492 g/mol. The number of sulfone groups is 1. The quantitative estimate of drug-likeness (QED) is 0.316. The Bertz CT molecular complexity index is 1360. The van der Waals surface area contributed by atoms with E-state index in [0.717, 1.165) is 19.3 Å². The Balaban J connectivity index is 1.47. The normalized spacial score (nSPS) is 14.9. The standard InChI is InChI=1S/C27H25ClN2O3S/c28-24-14-8-7-13-23(24)25-29-26(34(31,32)22-11-5-2-6-12-22)27(33-25)30-17-15-21(16-18-30)19-20-9-3-1-4-10-20/h1-14,21H,15-19H2. The van der Waals surface area contributed by atoms with Crippen molar-refractivity contribution >= 4 is 27.3 Å². The maximum absolute atomic E-state index is 13.6. The molecule has 0 spiro atoms. The van der Waals surface area contributed by atoms with Crippen molar-refractivity contribution in [1.29, 1.82) is 0 Å². The summed E-state index contributed by atoms with van der Waals surface area (Å²) in [6.45, 7) is 1.40. The van der Waals surface area contributed by atoms with Crippen LogP contribution in [0.3, 0.4) is 0 Å². The fraction of sp³-hybridized carbons (Fsp3) is 0.222. The molecule has 5 rings (SSSR count). The van der Waals surface area contributed by atoms with Crippen LogP contribution >= 0.6 is 11.6 Å². The molecule has 7 heteroatoms. The number of aromatic nitrogens is 1. The van der Waals surface area contributed by atoms with Gasteiger partial charge < -0.3 is 9.32 Å². The molecular formula is C27H25ClN2O3S. The number of halogens is 1. The van der Waals surface area contributed by atoms with Crippen molar-refractivity contribution in [3.8, 4) is 11.5 Å². The second-order valence-corrected chi connectivity index (χ2v) is 10.8. The van der Waals surface area contributed by atoms with Gasteiger partial charge in [-0.1, -0.05) is 72.3 Å². The smallest absolute Gasteiger partial charge is 0.236 e. The first-order valence-electron chi connectivity index (χ1n) is 11.4. The van der Waals surface area contributed by atoms with Crippen LogP contribution in [0, 0.1) is 5.92 Å². The van der Waals surface area contributed by atoms with E-state index >= 15 is 0 Å². The first kappa shape index (κ1) is 22.7. The first-order valence-corrected chi connectivity index (χ1v) is 13.2. The molecule has 2 heterocycles. The molecule has 1 aliphatic rings. The summed E-state index contributed by atoms with van der Waals surface area (Å²) in [5.41, 5.74) is 1.90. The summed E-state index contributed by atoms with van der Waals surface area (Å²) >= 11 is 6.37. The molecule has 0 unspecified atom stereocenters. The fourth-order valence-electron chi connectivity index (χ4n) is 4.42. The van der Waals surface area contributed by atoms with Gasteiger partial charge in [-0.3, -0.25) is 0 Å². The van der Waals surface area contributed by atoms with Gasteiger partial charge in [0.25, 0.3) is 0 Å². The van der Waals surface area contributed by atoms with Gasteiger partial charge in [0.05, 0.1) is 15.5 Å². The number of anilines is 1. The number of hydrogen-bond acceptors (Lipinski definition) is 5. The van der Waals surface area contributed by atoms with Crippen molar-refractivity contribution in [1.82, 2.24) is 4.98 Å². The van der Waals surface area contributed by atoms with Crippen molar-refractivity contribution in [3.05, 3.63) is 95.5 Å². The highest BCUT2D eigenvalue weighted by Crippen LogP contribution is 2.38. The van der Waals surface area contributed by atoms with Gasteiger partial charge >= 0.3 is 0 Å². The number of hydrogen-bond donors (Lipinski definition) is 0. The van der Waals surface area contributed by atoms with Gasteiger partial charge in [0.1, 0.15) is 0 Å². The molecular weight excluding hydrogens is 468 g/mol. The molecule has 0 amide bonds. The summed E-state index contributed by atoms with van der Waals surface area (Å²) in [6.07, 6.45) is 2.91. The lowest BCUT2D eigenvalue weighted by molar-refractivity contribution is 0.387. The van der Waals surface area contributed by atoms with Gasteiger partial charge in [0.2, 0.25) is 26.6 Å². The maximum Gasteiger partial charge on any atom is 0.236 e. The molecule has 0 bridgehead atoms. The number of rotatable bonds is 6. The Morgan fingerprint density at radius 2 is 1.50 bits per heavy atom. The molecule has 1 saturated heterocycles. The molecule has 1 fully saturated rings. The summed E-state index contributed by atoms with van der Waals surface area (Å²) in [7, 11) is -3.87. The molecule has 3 aromatic carbocycles. The van der Waals surface area contributed by atoms with Crippen LogP contribution in [0.4, 0.5) is 5.88 Å². The van der Waals surface area contributed by atoms with E-state index in [2.05, 4.69) is 29.2 Å². The molecule has 0 N–H and O–H groups in total. The Morgan fingerprint density at radius 1 is 0.882 bits per heavy atom. The van der Waals surface area contributed by atoms with Gasteiger partial charge in [-0.15, -0.1) is 0 Å². The number of piperidine rings is 1. The van der Waals surface area contributed by atoms with Crippen molar-refractivity contribution in [2.45, 2.75) is 29.2 Å². The van der Waals surface area contributed by atoms with E-state index in [9.17, 15) is 8.42 Å². The van der Waals surface area contributed by atoms with Gasteiger partial charge in [0.15, 0.2) is 0 Å². The van der Waals surface area contributed by atoms with Crippen LogP contribution in [0.25, 0.3) is 11.5 Å². The van der Waals surface area contributed by atoms with Crippen LogP contribution in [-0.4, -0.2) is 26.5 Å². The Labute approximate surface area is 204 Å². The third-order valence-corrected chi connectivity index (χ3v) is 8.26. The van der Waals surface area contributed by atoms with E-state index in [0.29, 0.717) is 29.6 Å². The van der Waals surface area contributed by atoms with E-state index in [1.165, 1.54) is 5.56 Å². The summed E-state index contributed by atoms with van der Waals surface area (Å²) in [5, 5.41) is 0.399. The zero-order chi connectivity index (χ0) is 23.5. The first-order chi connectivity index (χ1) is 16.5. The highest BCUT2D eigenvalue weighted by atomic mass is 35.5. The minimum atomic E-state index is -3.87. The Kier molecular flexibility index (Phi) is 6.44. The van der Waals surface area contributed by atoms with Crippen LogP contribution in [-0.2, 0) is 16.3 Å². The predicted octanol–water partition coefficient (Wildman–Crippen LogP) is 6.29. The van der Waals surface area contributed by atoms with Crippen molar-refractivity contribution in [2.75, 3.05) is 18.0 Å². The summed E-state index contributed by atoms with van der Waals surface area (Å²) in [6, 6.07) is 26.0. The fourth-order valence-corrected chi connectivity index (χ4v) is 5.98. The lowest BCUT2D eigenvalue weighted by atomic mass is 9.90. The average molecular weight is 493 g/mol. The van der Waals surface area contributed by atoms with Crippen molar-refractivity contribution in [3.63, 3.8) is 0 Å². The molecule has 1 aromatic heterocycles. The second kappa shape index (κ2) is 9.65. The molecule has 0 saturated carbocycles. The van der Waals surface area contributed by atoms with Gasteiger partial charge in [0, 0.05) is 13.1 Å². The maximum atomic E-state index is 13.6. The molecule has 0 atom stereocenters. The Hall–Kier alpha value is -3.09. The number of oxazole rings is 1. The lowest BCUT2D eigenvalue weighted by Crippen LogP contribution is -2.34. The molecule has 34 heavy (non-hydrogen) atoms. The van der Waals surface area contributed by atoms with Gasteiger partial charge in [-0.25, -0.2) is 8.42 Å². The second-order valence-electron chi connectivity index (χ2n) is 8.55. The van der Waals surface area contributed by atoms with E-state index in [1.54, 1.807) is 42.5 Å². The van der Waals surface area contributed by atoms with E-state index in [4.69, 9.17) is 16.0 Å². The Morgan fingerprint density at radius 3 is 2.18 bits per heavy atom. The van der Waals surface area contributed by atoms with Crippen molar-refractivity contribution in [2.24, 2.45) is 5.92 Å². The van der Waals surface area contributed by atoms with Crippen LogP contribution in [0.2, 0.25) is 5.02 Å². The zero-order valence-corrected chi connectivity index (χ0v) is 20.2. The van der Waals surface area contributed by atoms with Crippen molar-refractivity contribution < 1.29 is 12.8 Å².